The molecular weight excluding hydrogens is 254 g/mol. The number of aliphatic hydroxyl groups excluding tert-OH is 1. The lowest BCUT2D eigenvalue weighted by molar-refractivity contribution is 0.0995. The van der Waals surface area contributed by atoms with Crippen molar-refractivity contribution < 1.29 is 14.3 Å². The molecule has 0 saturated carbocycles. The Kier molecular flexibility index (Phi) is 4.59. The van der Waals surface area contributed by atoms with Crippen LogP contribution in [0.15, 0.2) is 40.8 Å². The SMILES string of the molecule is CCc1ccc(C(=O)Nc2cccc(C#CCO)c2)o1. The highest BCUT2D eigenvalue weighted by Gasteiger charge is 2.10. The molecule has 4 nitrogen and oxygen atoms in total. The van der Waals surface area contributed by atoms with E-state index in [2.05, 4.69) is 17.2 Å². The highest BCUT2D eigenvalue weighted by molar-refractivity contribution is 6.02. The summed E-state index contributed by atoms with van der Waals surface area (Å²) in [5.74, 6) is 6.12. The third-order valence-electron chi connectivity index (χ3n) is 2.67. The molecule has 0 atom stereocenters. The molecule has 20 heavy (non-hydrogen) atoms. The van der Waals surface area contributed by atoms with Crippen LogP contribution < -0.4 is 5.32 Å². The maximum Gasteiger partial charge on any atom is 0.291 e. The second-order valence-electron chi connectivity index (χ2n) is 4.11. The van der Waals surface area contributed by atoms with Crippen LogP contribution in [0.4, 0.5) is 5.69 Å². The van der Waals surface area contributed by atoms with E-state index in [9.17, 15) is 4.79 Å². The van der Waals surface area contributed by atoms with E-state index in [0.29, 0.717) is 5.69 Å². The van der Waals surface area contributed by atoms with Gasteiger partial charge in [0.05, 0.1) is 0 Å². The zero-order valence-corrected chi connectivity index (χ0v) is 11.1. The number of carbonyl (C=O) groups excluding carboxylic acids is 1. The van der Waals surface area contributed by atoms with Crippen molar-refractivity contribution in [3.63, 3.8) is 0 Å². The number of furan rings is 1. The van der Waals surface area contributed by atoms with Gasteiger partial charge in [-0.15, -0.1) is 0 Å². The molecule has 0 aliphatic heterocycles. The topological polar surface area (TPSA) is 62.5 Å². The summed E-state index contributed by atoms with van der Waals surface area (Å²) in [6.45, 7) is 1.77. The summed E-state index contributed by atoms with van der Waals surface area (Å²) in [6, 6.07) is 10.6. The quantitative estimate of drug-likeness (QED) is 0.841. The van der Waals surface area contributed by atoms with Gasteiger partial charge in [-0.05, 0) is 30.3 Å². The van der Waals surface area contributed by atoms with Crippen LogP contribution in [0.25, 0.3) is 0 Å². The molecule has 1 amide bonds. The number of aliphatic hydroxyl groups is 1. The highest BCUT2D eigenvalue weighted by atomic mass is 16.3. The van der Waals surface area contributed by atoms with Crippen LogP contribution in [0.5, 0.6) is 0 Å². The fourth-order valence-electron chi connectivity index (χ4n) is 1.70. The molecule has 0 saturated heterocycles. The van der Waals surface area contributed by atoms with Gasteiger partial charge in [-0.2, -0.15) is 0 Å². The van der Waals surface area contributed by atoms with Gasteiger partial charge in [0.1, 0.15) is 12.4 Å². The minimum atomic E-state index is -0.294. The number of rotatable bonds is 3. The van der Waals surface area contributed by atoms with Crippen LogP contribution in [0, 0.1) is 11.8 Å². The lowest BCUT2D eigenvalue weighted by Gasteiger charge is -2.03. The summed E-state index contributed by atoms with van der Waals surface area (Å²) in [4.78, 5) is 12.0. The first-order chi connectivity index (χ1) is 9.72. The molecule has 1 aromatic heterocycles. The molecule has 1 aromatic carbocycles. The van der Waals surface area contributed by atoms with Crippen LogP contribution in [0.3, 0.4) is 0 Å². The largest absolute Gasteiger partial charge is 0.456 e. The van der Waals surface area contributed by atoms with Gasteiger partial charge in [-0.1, -0.05) is 24.8 Å². The van der Waals surface area contributed by atoms with E-state index in [-0.39, 0.29) is 18.3 Å². The summed E-state index contributed by atoms with van der Waals surface area (Å²) < 4.78 is 5.39. The molecule has 2 N–H and O–H groups in total. The molecule has 0 spiro atoms. The first-order valence-electron chi connectivity index (χ1n) is 6.32. The number of amides is 1. The second kappa shape index (κ2) is 6.60. The molecule has 1 heterocycles. The predicted molar refractivity (Wildman–Crippen MR) is 76.4 cm³/mol. The van der Waals surface area contributed by atoms with Gasteiger partial charge >= 0.3 is 0 Å². The number of nitrogens with one attached hydrogen (secondary N) is 1. The Hall–Kier alpha value is -2.51. The summed E-state index contributed by atoms with van der Waals surface area (Å²) >= 11 is 0. The molecular formula is C16H15NO3. The zero-order valence-electron chi connectivity index (χ0n) is 11.1. The first kappa shape index (κ1) is 13.9. The van der Waals surface area contributed by atoms with Crippen molar-refractivity contribution in [3.05, 3.63) is 53.5 Å². The van der Waals surface area contributed by atoms with Crippen molar-refractivity contribution in [1.29, 1.82) is 0 Å². The Bertz CT molecular complexity index is 662. The molecule has 0 fully saturated rings. The van der Waals surface area contributed by atoms with Crippen molar-refractivity contribution in [2.75, 3.05) is 11.9 Å². The smallest absolute Gasteiger partial charge is 0.291 e. The molecule has 0 unspecified atom stereocenters. The Labute approximate surface area is 117 Å². The Morgan fingerprint density at radius 2 is 2.20 bits per heavy atom. The molecule has 4 heteroatoms. The number of hydrogen-bond acceptors (Lipinski definition) is 3. The zero-order chi connectivity index (χ0) is 14.4. The third kappa shape index (κ3) is 3.50. The lowest BCUT2D eigenvalue weighted by atomic mass is 10.2. The maximum absolute atomic E-state index is 12.0. The van der Waals surface area contributed by atoms with Crippen molar-refractivity contribution in [1.82, 2.24) is 0 Å². The molecule has 0 bridgehead atoms. The summed E-state index contributed by atoms with van der Waals surface area (Å²) in [5.41, 5.74) is 1.36. The molecule has 2 rings (SSSR count). The van der Waals surface area contributed by atoms with E-state index in [1.165, 1.54) is 0 Å². The van der Waals surface area contributed by atoms with Gasteiger partial charge in [-0.25, -0.2) is 0 Å². The van der Waals surface area contributed by atoms with Gasteiger partial charge in [0, 0.05) is 17.7 Å². The molecule has 0 radical (unpaired) electrons. The summed E-state index contributed by atoms with van der Waals surface area (Å²) in [6.07, 6.45) is 0.750. The molecule has 0 aliphatic carbocycles. The van der Waals surface area contributed by atoms with E-state index in [1.54, 1.807) is 36.4 Å². The minimum absolute atomic E-state index is 0.192. The normalized spacial score (nSPS) is 9.70. The van der Waals surface area contributed by atoms with Crippen LogP contribution in [0.2, 0.25) is 0 Å². The van der Waals surface area contributed by atoms with Crippen LogP contribution in [-0.2, 0) is 6.42 Å². The van der Waals surface area contributed by atoms with Crippen molar-refractivity contribution in [2.24, 2.45) is 0 Å². The number of anilines is 1. The van der Waals surface area contributed by atoms with E-state index < -0.39 is 0 Å². The molecule has 102 valence electrons. The Morgan fingerprint density at radius 3 is 2.90 bits per heavy atom. The molecule has 0 aliphatic rings. The minimum Gasteiger partial charge on any atom is -0.456 e. The first-order valence-corrected chi connectivity index (χ1v) is 6.32. The monoisotopic (exact) mass is 269 g/mol. The van der Waals surface area contributed by atoms with Gasteiger partial charge in [0.15, 0.2) is 5.76 Å². The fourth-order valence-corrected chi connectivity index (χ4v) is 1.70. The van der Waals surface area contributed by atoms with Crippen molar-refractivity contribution >= 4 is 11.6 Å². The Morgan fingerprint density at radius 1 is 1.35 bits per heavy atom. The third-order valence-corrected chi connectivity index (χ3v) is 2.67. The van der Waals surface area contributed by atoms with Crippen molar-refractivity contribution in [3.8, 4) is 11.8 Å². The standard InChI is InChI=1S/C16H15NO3/c1-2-14-8-9-15(20-14)16(19)17-13-7-3-5-12(11-13)6-4-10-18/h3,5,7-9,11,18H,2,10H2,1H3,(H,17,19). The average molecular weight is 269 g/mol. The molecule has 2 aromatic rings. The van der Waals surface area contributed by atoms with Crippen LogP contribution in [-0.4, -0.2) is 17.6 Å². The van der Waals surface area contributed by atoms with E-state index >= 15 is 0 Å². The summed E-state index contributed by atoms with van der Waals surface area (Å²) in [5, 5.41) is 11.4. The highest BCUT2D eigenvalue weighted by Crippen LogP contribution is 2.14. The van der Waals surface area contributed by atoms with Gasteiger partial charge < -0.3 is 14.8 Å². The van der Waals surface area contributed by atoms with Gasteiger partial charge in [-0.3, -0.25) is 4.79 Å². The van der Waals surface area contributed by atoms with E-state index in [0.717, 1.165) is 17.7 Å². The van der Waals surface area contributed by atoms with Crippen LogP contribution in [0.1, 0.15) is 28.8 Å². The number of aryl methyl sites for hydroxylation is 1. The number of carbonyl (C=O) groups is 1. The predicted octanol–water partition coefficient (Wildman–Crippen LogP) is 2.44. The average Bonchev–Trinajstić information content (AvgIpc) is 2.94. The van der Waals surface area contributed by atoms with E-state index in [1.807, 2.05) is 6.92 Å². The second-order valence-corrected chi connectivity index (χ2v) is 4.11. The Balaban J connectivity index is 2.11. The number of benzene rings is 1. The summed E-state index contributed by atoms with van der Waals surface area (Å²) in [7, 11) is 0. The fraction of sp³-hybridized carbons (Fsp3) is 0.188. The lowest BCUT2D eigenvalue weighted by Crippen LogP contribution is -2.10. The van der Waals surface area contributed by atoms with Crippen molar-refractivity contribution in [2.45, 2.75) is 13.3 Å². The van der Waals surface area contributed by atoms with Crippen LogP contribution >= 0.6 is 0 Å². The van der Waals surface area contributed by atoms with Gasteiger partial charge in [0.2, 0.25) is 0 Å². The maximum atomic E-state index is 12.0. The van der Waals surface area contributed by atoms with E-state index in [4.69, 9.17) is 9.52 Å². The van der Waals surface area contributed by atoms with Gasteiger partial charge in [0.25, 0.3) is 5.91 Å². The number of hydrogen-bond donors (Lipinski definition) is 2.